The van der Waals surface area contributed by atoms with Crippen LogP contribution in [0.3, 0.4) is 0 Å². The summed E-state index contributed by atoms with van der Waals surface area (Å²) in [5.74, 6) is 0.541. The molecular formula is C16H27Cl2FN2O. The maximum Gasteiger partial charge on any atom is 0.169 e. The fourth-order valence-corrected chi connectivity index (χ4v) is 2.96. The Balaban J connectivity index is 0.00000220. The van der Waals surface area contributed by atoms with Crippen molar-refractivity contribution in [2.24, 2.45) is 5.92 Å². The first-order valence-corrected chi connectivity index (χ1v) is 7.46. The number of halogens is 3. The molecule has 0 bridgehead atoms. The van der Waals surface area contributed by atoms with Crippen molar-refractivity contribution in [1.29, 1.82) is 0 Å². The smallest absolute Gasteiger partial charge is 0.169 e. The van der Waals surface area contributed by atoms with Crippen LogP contribution in [0.15, 0.2) is 18.2 Å². The molecule has 1 saturated heterocycles. The number of benzene rings is 1. The van der Waals surface area contributed by atoms with Gasteiger partial charge in [0, 0.05) is 37.8 Å². The Bertz CT molecular complexity index is 442. The molecule has 0 spiro atoms. The van der Waals surface area contributed by atoms with Crippen LogP contribution in [-0.2, 0) is 0 Å². The number of ether oxygens (including phenoxy) is 1. The Morgan fingerprint density at radius 1 is 1.27 bits per heavy atom. The average Bonchev–Trinajstić information content (AvgIpc) is 2.50. The van der Waals surface area contributed by atoms with Gasteiger partial charge in [-0.3, -0.25) is 4.90 Å². The molecule has 1 aliphatic heterocycles. The number of rotatable bonds is 5. The van der Waals surface area contributed by atoms with Crippen molar-refractivity contribution in [3.05, 3.63) is 29.6 Å². The zero-order valence-corrected chi connectivity index (χ0v) is 15.1. The molecule has 1 aliphatic rings. The standard InChI is InChI=1S/C16H25FN2O.2ClH/c1-4-12(2)16(19-10-8-18-9-11-19)13-6-5-7-14(20-3)15(13)17;;/h5-7,12,16,18H,4,8-11H2,1-3H3;2*1H/t12?,16-;;/m0../s1. The molecule has 22 heavy (non-hydrogen) atoms. The van der Waals surface area contributed by atoms with Gasteiger partial charge < -0.3 is 10.1 Å². The minimum absolute atomic E-state index is 0. The number of hydrogen-bond donors (Lipinski definition) is 1. The molecule has 1 N–H and O–H groups in total. The molecule has 0 amide bonds. The second-order valence-electron chi connectivity index (χ2n) is 5.48. The minimum Gasteiger partial charge on any atom is -0.494 e. The van der Waals surface area contributed by atoms with E-state index in [4.69, 9.17) is 4.74 Å². The summed E-state index contributed by atoms with van der Waals surface area (Å²) in [6.07, 6.45) is 1.03. The van der Waals surface area contributed by atoms with Gasteiger partial charge in [0.05, 0.1) is 7.11 Å². The summed E-state index contributed by atoms with van der Waals surface area (Å²) in [5, 5.41) is 3.36. The summed E-state index contributed by atoms with van der Waals surface area (Å²) in [4.78, 5) is 2.39. The van der Waals surface area contributed by atoms with E-state index in [1.54, 1.807) is 6.07 Å². The molecule has 1 aromatic carbocycles. The summed E-state index contributed by atoms with van der Waals surface area (Å²) in [7, 11) is 1.52. The van der Waals surface area contributed by atoms with E-state index in [0.29, 0.717) is 11.7 Å². The second kappa shape index (κ2) is 10.3. The zero-order valence-electron chi connectivity index (χ0n) is 13.5. The first kappa shape index (κ1) is 21.4. The van der Waals surface area contributed by atoms with Crippen molar-refractivity contribution in [1.82, 2.24) is 10.2 Å². The van der Waals surface area contributed by atoms with E-state index in [9.17, 15) is 4.39 Å². The Kier molecular flexibility index (Phi) is 10.0. The van der Waals surface area contributed by atoms with Crippen LogP contribution in [0.1, 0.15) is 31.9 Å². The number of methoxy groups -OCH3 is 1. The normalized spacial score (nSPS) is 17.8. The van der Waals surface area contributed by atoms with E-state index in [-0.39, 0.29) is 36.7 Å². The quantitative estimate of drug-likeness (QED) is 0.874. The van der Waals surface area contributed by atoms with Crippen LogP contribution in [0.2, 0.25) is 0 Å². The van der Waals surface area contributed by atoms with Crippen LogP contribution in [-0.4, -0.2) is 38.2 Å². The van der Waals surface area contributed by atoms with Gasteiger partial charge >= 0.3 is 0 Å². The highest BCUT2D eigenvalue weighted by atomic mass is 35.5. The van der Waals surface area contributed by atoms with E-state index in [1.165, 1.54) is 7.11 Å². The van der Waals surface area contributed by atoms with Gasteiger partial charge in [-0.1, -0.05) is 32.4 Å². The number of hydrogen-bond acceptors (Lipinski definition) is 3. The second-order valence-corrected chi connectivity index (χ2v) is 5.48. The van der Waals surface area contributed by atoms with Crippen molar-refractivity contribution >= 4 is 24.8 Å². The maximum absolute atomic E-state index is 14.6. The van der Waals surface area contributed by atoms with Gasteiger partial charge in [-0.25, -0.2) is 4.39 Å². The van der Waals surface area contributed by atoms with Gasteiger partial charge in [0.25, 0.3) is 0 Å². The zero-order chi connectivity index (χ0) is 14.5. The fraction of sp³-hybridized carbons (Fsp3) is 0.625. The Morgan fingerprint density at radius 3 is 2.45 bits per heavy atom. The van der Waals surface area contributed by atoms with Crippen LogP contribution in [0.25, 0.3) is 0 Å². The third-order valence-electron chi connectivity index (χ3n) is 4.26. The highest BCUT2D eigenvalue weighted by Crippen LogP contribution is 2.35. The van der Waals surface area contributed by atoms with Gasteiger partial charge in [-0.05, 0) is 12.0 Å². The van der Waals surface area contributed by atoms with Crippen molar-refractivity contribution in [2.75, 3.05) is 33.3 Å². The average molecular weight is 353 g/mol. The number of nitrogens with zero attached hydrogens (tertiary/aromatic N) is 1. The molecule has 0 saturated carbocycles. The molecule has 1 heterocycles. The minimum atomic E-state index is -0.209. The molecule has 1 aromatic rings. The van der Waals surface area contributed by atoms with Gasteiger partial charge in [0.15, 0.2) is 11.6 Å². The summed E-state index contributed by atoms with van der Waals surface area (Å²) in [6, 6.07) is 5.59. The van der Waals surface area contributed by atoms with Crippen molar-refractivity contribution < 1.29 is 9.13 Å². The Labute approximate surface area is 145 Å². The van der Waals surface area contributed by atoms with Crippen LogP contribution in [0.4, 0.5) is 4.39 Å². The third kappa shape index (κ3) is 4.72. The highest BCUT2D eigenvalue weighted by Gasteiger charge is 2.29. The molecule has 1 fully saturated rings. The largest absolute Gasteiger partial charge is 0.494 e. The lowest BCUT2D eigenvalue weighted by Gasteiger charge is -2.38. The molecule has 1 unspecified atom stereocenters. The predicted octanol–water partition coefficient (Wildman–Crippen LogP) is 3.67. The van der Waals surface area contributed by atoms with E-state index >= 15 is 0 Å². The molecule has 6 heteroatoms. The summed E-state index contributed by atoms with van der Waals surface area (Å²) in [5.41, 5.74) is 0.764. The molecule has 2 atom stereocenters. The fourth-order valence-electron chi connectivity index (χ4n) is 2.96. The lowest BCUT2D eigenvalue weighted by atomic mass is 9.90. The topological polar surface area (TPSA) is 24.5 Å². The van der Waals surface area contributed by atoms with E-state index < -0.39 is 0 Å². The lowest BCUT2D eigenvalue weighted by Crippen LogP contribution is -2.46. The van der Waals surface area contributed by atoms with Crippen LogP contribution in [0.5, 0.6) is 5.75 Å². The maximum atomic E-state index is 14.6. The van der Waals surface area contributed by atoms with Crippen LogP contribution >= 0.6 is 24.8 Å². The summed E-state index contributed by atoms with van der Waals surface area (Å²) >= 11 is 0. The van der Waals surface area contributed by atoms with E-state index in [1.807, 2.05) is 12.1 Å². The summed E-state index contributed by atoms with van der Waals surface area (Å²) in [6.45, 7) is 8.23. The molecule has 0 aromatic heterocycles. The summed E-state index contributed by atoms with van der Waals surface area (Å²) < 4.78 is 19.7. The van der Waals surface area contributed by atoms with Crippen LogP contribution < -0.4 is 10.1 Å². The first-order valence-electron chi connectivity index (χ1n) is 7.46. The lowest BCUT2D eigenvalue weighted by molar-refractivity contribution is 0.125. The highest BCUT2D eigenvalue weighted by molar-refractivity contribution is 5.85. The van der Waals surface area contributed by atoms with E-state index in [2.05, 4.69) is 24.1 Å². The molecule has 0 aliphatic carbocycles. The van der Waals surface area contributed by atoms with Gasteiger partial charge in [0.1, 0.15) is 0 Å². The van der Waals surface area contributed by atoms with Crippen molar-refractivity contribution in [3.63, 3.8) is 0 Å². The Morgan fingerprint density at radius 2 is 1.91 bits per heavy atom. The van der Waals surface area contributed by atoms with Crippen molar-refractivity contribution in [3.8, 4) is 5.75 Å². The molecule has 0 radical (unpaired) electrons. The number of nitrogens with one attached hydrogen (secondary N) is 1. The third-order valence-corrected chi connectivity index (χ3v) is 4.26. The molecule has 128 valence electrons. The molecule has 2 rings (SSSR count). The van der Waals surface area contributed by atoms with Crippen LogP contribution in [0, 0.1) is 11.7 Å². The van der Waals surface area contributed by atoms with E-state index in [0.717, 1.165) is 38.2 Å². The number of piperazine rings is 1. The van der Waals surface area contributed by atoms with Gasteiger partial charge in [0.2, 0.25) is 0 Å². The Hall–Kier alpha value is -0.550. The van der Waals surface area contributed by atoms with Gasteiger partial charge in [-0.15, -0.1) is 24.8 Å². The monoisotopic (exact) mass is 352 g/mol. The molecule has 3 nitrogen and oxygen atoms in total. The SMILES string of the molecule is CCC(C)[C@@H](c1cccc(OC)c1F)N1CCNCC1.Cl.Cl. The molecular weight excluding hydrogens is 326 g/mol. The van der Waals surface area contributed by atoms with Gasteiger partial charge in [-0.2, -0.15) is 0 Å². The van der Waals surface area contributed by atoms with Crippen molar-refractivity contribution in [2.45, 2.75) is 26.3 Å². The predicted molar refractivity (Wildman–Crippen MR) is 94.1 cm³/mol. The first-order chi connectivity index (χ1) is 9.69.